The molecule has 1 N–H and O–H groups in total. The summed E-state index contributed by atoms with van der Waals surface area (Å²) in [6.07, 6.45) is 1.50. The zero-order chi connectivity index (χ0) is 21.9. The standard InChI is InChI=1S/C24H17N5O2S/c1-30-20-11-19-17(24(27-14-26-19)28-16-8-6-15(12-25)7-9-16)10-21(20)31-13-23-29-18-4-2-3-5-22(18)32-23/h2-11,14H,13H2,1H3,(H,26,27,28). The van der Waals surface area contributed by atoms with Crippen molar-refractivity contribution in [3.63, 3.8) is 0 Å². The lowest BCUT2D eigenvalue weighted by molar-refractivity contribution is 0.285. The smallest absolute Gasteiger partial charge is 0.162 e. The second kappa shape index (κ2) is 8.49. The molecule has 0 fully saturated rings. The number of hydrogen-bond donors (Lipinski definition) is 1. The lowest BCUT2D eigenvalue weighted by Gasteiger charge is -2.13. The Bertz CT molecular complexity index is 1420. The van der Waals surface area contributed by atoms with Gasteiger partial charge in [0, 0.05) is 17.1 Å². The summed E-state index contributed by atoms with van der Waals surface area (Å²) in [7, 11) is 1.60. The van der Waals surface area contributed by atoms with Crippen LogP contribution in [0.4, 0.5) is 11.5 Å². The molecular formula is C24H17N5O2S. The Hall–Kier alpha value is -4.22. The van der Waals surface area contributed by atoms with Crippen LogP contribution in [0, 0.1) is 11.3 Å². The molecule has 0 spiro atoms. The van der Waals surface area contributed by atoms with E-state index in [2.05, 4.69) is 26.3 Å². The van der Waals surface area contributed by atoms with E-state index >= 15 is 0 Å². The molecule has 0 bridgehead atoms. The third kappa shape index (κ3) is 3.89. The molecular weight excluding hydrogens is 422 g/mol. The highest BCUT2D eigenvalue weighted by Gasteiger charge is 2.13. The molecule has 0 amide bonds. The number of nitrogens with one attached hydrogen (secondary N) is 1. The van der Waals surface area contributed by atoms with E-state index in [1.807, 2.05) is 48.5 Å². The van der Waals surface area contributed by atoms with Gasteiger partial charge in [-0.3, -0.25) is 0 Å². The molecule has 2 heterocycles. The Morgan fingerprint density at radius 2 is 1.84 bits per heavy atom. The van der Waals surface area contributed by atoms with Gasteiger partial charge in [0.25, 0.3) is 0 Å². The minimum atomic E-state index is 0.327. The number of ether oxygens (including phenoxy) is 2. The lowest BCUT2D eigenvalue weighted by Crippen LogP contribution is -2.00. The molecule has 0 saturated heterocycles. The first-order chi connectivity index (χ1) is 15.7. The maximum atomic E-state index is 8.99. The summed E-state index contributed by atoms with van der Waals surface area (Å²) >= 11 is 1.60. The Morgan fingerprint density at radius 3 is 2.62 bits per heavy atom. The van der Waals surface area contributed by atoms with Crippen LogP contribution in [0.25, 0.3) is 21.1 Å². The quantitative estimate of drug-likeness (QED) is 0.376. The highest BCUT2D eigenvalue weighted by atomic mass is 32.1. The van der Waals surface area contributed by atoms with E-state index in [1.165, 1.54) is 6.33 Å². The summed E-state index contributed by atoms with van der Waals surface area (Å²) in [5.41, 5.74) is 3.10. The number of hydrogen-bond acceptors (Lipinski definition) is 8. The van der Waals surface area contributed by atoms with Gasteiger partial charge >= 0.3 is 0 Å². The number of anilines is 2. The zero-order valence-electron chi connectivity index (χ0n) is 17.1. The van der Waals surface area contributed by atoms with E-state index in [9.17, 15) is 0 Å². The molecule has 7 nitrogen and oxygen atoms in total. The topological polar surface area (TPSA) is 93.0 Å². The molecule has 5 aromatic rings. The van der Waals surface area contributed by atoms with Gasteiger partial charge in [-0.25, -0.2) is 15.0 Å². The van der Waals surface area contributed by atoms with Crippen LogP contribution in [-0.4, -0.2) is 22.1 Å². The zero-order valence-corrected chi connectivity index (χ0v) is 17.9. The van der Waals surface area contributed by atoms with Gasteiger partial charge in [0.15, 0.2) is 11.5 Å². The minimum absolute atomic E-state index is 0.327. The number of thiazole rings is 1. The number of nitriles is 1. The summed E-state index contributed by atoms with van der Waals surface area (Å²) in [6, 6.07) is 21.0. The van der Waals surface area contributed by atoms with E-state index in [4.69, 9.17) is 14.7 Å². The highest BCUT2D eigenvalue weighted by molar-refractivity contribution is 7.18. The van der Waals surface area contributed by atoms with Crippen molar-refractivity contribution in [3.8, 4) is 17.6 Å². The minimum Gasteiger partial charge on any atom is -0.493 e. The second-order valence-electron chi connectivity index (χ2n) is 6.92. The second-order valence-corrected chi connectivity index (χ2v) is 8.04. The van der Waals surface area contributed by atoms with Gasteiger partial charge in [-0.2, -0.15) is 5.26 Å². The van der Waals surface area contributed by atoms with E-state index in [1.54, 1.807) is 30.6 Å². The molecule has 0 saturated carbocycles. The van der Waals surface area contributed by atoms with Crippen LogP contribution >= 0.6 is 11.3 Å². The fourth-order valence-electron chi connectivity index (χ4n) is 3.32. The molecule has 0 unspecified atom stereocenters. The van der Waals surface area contributed by atoms with Gasteiger partial charge in [-0.1, -0.05) is 12.1 Å². The van der Waals surface area contributed by atoms with Crippen molar-refractivity contribution < 1.29 is 9.47 Å². The maximum Gasteiger partial charge on any atom is 0.162 e. The Morgan fingerprint density at radius 1 is 1.00 bits per heavy atom. The van der Waals surface area contributed by atoms with Crippen LogP contribution in [0.15, 0.2) is 67.0 Å². The number of para-hydroxylation sites is 1. The van der Waals surface area contributed by atoms with Crippen molar-refractivity contribution >= 4 is 44.0 Å². The number of methoxy groups -OCH3 is 1. The van der Waals surface area contributed by atoms with Crippen molar-refractivity contribution in [2.75, 3.05) is 12.4 Å². The summed E-state index contributed by atoms with van der Waals surface area (Å²) in [5, 5.41) is 14.0. The Labute approximate surface area is 187 Å². The van der Waals surface area contributed by atoms with Crippen LogP contribution in [-0.2, 0) is 6.61 Å². The predicted octanol–water partition coefficient (Wildman–Crippen LogP) is 5.44. The molecule has 32 heavy (non-hydrogen) atoms. The molecule has 0 atom stereocenters. The van der Waals surface area contributed by atoms with E-state index < -0.39 is 0 Å². The van der Waals surface area contributed by atoms with E-state index in [-0.39, 0.29) is 0 Å². The average molecular weight is 440 g/mol. The number of fused-ring (bicyclic) bond motifs is 2. The molecule has 0 aliphatic carbocycles. The first kappa shape index (κ1) is 19.7. The van der Waals surface area contributed by atoms with Crippen LogP contribution in [0.5, 0.6) is 11.5 Å². The number of benzene rings is 3. The molecule has 8 heteroatoms. The summed E-state index contributed by atoms with van der Waals surface area (Å²) in [5.74, 6) is 1.80. The highest BCUT2D eigenvalue weighted by Crippen LogP contribution is 2.35. The molecule has 2 aromatic heterocycles. The number of rotatable bonds is 6. The van der Waals surface area contributed by atoms with Gasteiger partial charge in [0.05, 0.1) is 34.5 Å². The van der Waals surface area contributed by atoms with Crippen LogP contribution in [0.2, 0.25) is 0 Å². The van der Waals surface area contributed by atoms with E-state index in [0.717, 1.165) is 31.8 Å². The predicted molar refractivity (Wildman–Crippen MR) is 124 cm³/mol. The maximum absolute atomic E-state index is 8.99. The van der Waals surface area contributed by atoms with Gasteiger partial charge < -0.3 is 14.8 Å². The molecule has 0 aliphatic heterocycles. The first-order valence-corrected chi connectivity index (χ1v) is 10.6. The Kier molecular flexibility index (Phi) is 5.24. The average Bonchev–Trinajstić information content (AvgIpc) is 3.26. The van der Waals surface area contributed by atoms with Gasteiger partial charge in [-0.05, 0) is 42.5 Å². The van der Waals surface area contributed by atoms with Crippen LogP contribution < -0.4 is 14.8 Å². The molecule has 0 aliphatic rings. The fraction of sp³-hybridized carbons (Fsp3) is 0.0833. The van der Waals surface area contributed by atoms with Crippen molar-refractivity contribution in [1.82, 2.24) is 15.0 Å². The third-order valence-electron chi connectivity index (χ3n) is 4.89. The monoisotopic (exact) mass is 439 g/mol. The summed E-state index contributed by atoms with van der Waals surface area (Å²) in [4.78, 5) is 13.4. The molecule has 156 valence electrons. The van der Waals surface area contributed by atoms with Crippen molar-refractivity contribution in [2.45, 2.75) is 6.61 Å². The molecule has 5 rings (SSSR count). The normalized spacial score (nSPS) is 10.8. The lowest BCUT2D eigenvalue weighted by atomic mass is 10.2. The Balaban J connectivity index is 1.46. The van der Waals surface area contributed by atoms with Crippen molar-refractivity contribution in [1.29, 1.82) is 5.26 Å². The largest absolute Gasteiger partial charge is 0.493 e. The number of nitrogens with zero attached hydrogens (tertiary/aromatic N) is 4. The summed E-state index contributed by atoms with van der Waals surface area (Å²) in [6.45, 7) is 0.327. The van der Waals surface area contributed by atoms with Crippen molar-refractivity contribution in [3.05, 3.63) is 77.6 Å². The van der Waals surface area contributed by atoms with Gasteiger partial charge in [0.2, 0.25) is 0 Å². The fourth-order valence-corrected chi connectivity index (χ4v) is 4.20. The molecule has 0 radical (unpaired) electrons. The van der Waals surface area contributed by atoms with Crippen LogP contribution in [0.1, 0.15) is 10.6 Å². The van der Waals surface area contributed by atoms with Gasteiger partial charge in [0.1, 0.15) is 23.8 Å². The van der Waals surface area contributed by atoms with Crippen molar-refractivity contribution in [2.24, 2.45) is 0 Å². The molecule has 3 aromatic carbocycles. The van der Waals surface area contributed by atoms with E-state index in [0.29, 0.717) is 29.5 Å². The number of aromatic nitrogens is 3. The summed E-state index contributed by atoms with van der Waals surface area (Å²) < 4.78 is 12.7. The van der Waals surface area contributed by atoms with Gasteiger partial charge in [-0.15, -0.1) is 11.3 Å². The third-order valence-corrected chi connectivity index (χ3v) is 5.90. The SMILES string of the molecule is COc1cc2ncnc(Nc3ccc(C#N)cc3)c2cc1OCc1nc2ccccc2s1. The van der Waals surface area contributed by atoms with Crippen LogP contribution in [0.3, 0.4) is 0 Å². The first-order valence-electron chi connectivity index (χ1n) is 9.80.